The number of rotatable bonds is 2. The molecule has 3 nitrogen and oxygen atoms in total. The summed E-state index contributed by atoms with van der Waals surface area (Å²) in [7, 11) is 0. The number of halogens is 1. The van der Waals surface area contributed by atoms with Crippen molar-refractivity contribution >= 4 is 28.2 Å². The van der Waals surface area contributed by atoms with Crippen molar-refractivity contribution in [3.8, 4) is 0 Å². The Morgan fingerprint density at radius 2 is 2.00 bits per heavy atom. The van der Waals surface area contributed by atoms with Gasteiger partial charge in [0.25, 0.3) is 0 Å². The summed E-state index contributed by atoms with van der Waals surface area (Å²) < 4.78 is 1.94. The molecule has 1 aromatic heterocycles. The summed E-state index contributed by atoms with van der Waals surface area (Å²) in [5, 5.41) is 6.19. The number of anilines is 1. The highest BCUT2D eigenvalue weighted by molar-refractivity contribution is 6.31. The van der Waals surface area contributed by atoms with E-state index in [2.05, 4.69) is 5.10 Å². The molecule has 2 N–H and O–H groups in total. The Labute approximate surface area is 110 Å². The van der Waals surface area contributed by atoms with E-state index in [4.69, 9.17) is 17.3 Å². The van der Waals surface area contributed by atoms with Gasteiger partial charge in [0.2, 0.25) is 0 Å². The fourth-order valence-corrected chi connectivity index (χ4v) is 2.25. The molecule has 0 aliphatic heterocycles. The van der Waals surface area contributed by atoms with Gasteiger partial charge in [-0.05, 0) is 23.8 Å². The average Bonchev–Trinajstić information content (AvgIpc) is 2.76. The zero-order chi connectivity index (χ0) is 12.5. The zero-order valence-corrected chi connectivity index (χ0v) is 10.4. The standard InChI is InChI=1S/C14H12ClN3/c15-13-7-12(16)6-5-11(13)9-18-14-4-2-1-3-10(14)8-17-18/h1-8H,9,16H2. The fraction of sp³-hybridized carbons (Fsp3) is 0.0714. The van der Waals surface area contributed by atoms with Crippen LogP contribution in [-0.4, -0.2) is 9.78 Å². The van der Waals surface area contributed by atoms with Crippen LogP contribution >= 0.6 is 11.6 Å². The number of nitrogens with two attached hydrogens (primary N) is 1. The van der Waals surface area contributed by atoms with Crippen molar-refractivity contribution in [3.63, 3.8) is 0 Å². The van der Waals surface area contributed by atoms with E-state index in [1.54, 1.807) is 6.07 Å². The molecule has 0 unspecified atom stereocenters. The van der Waals surface area contributed by atoms with Gasteiger partial charge in [0.1, 0.15) is 0 Å². The summed E-state index contributed by atoms with van der Waals surface area (Å²) in [6.45, 7) is 0.645. The SMILES string of the molecule is Nc1ccc(Cn2ncc3ccccc32)c(Cl)c1. The van der Waals surface area contributed by atoms with Crippen molar-refractivity contribution in [2.24, 2.45) is 0 Å². The van der Waals surface area contributed by atoms with E-state index in [0.717, 1.165) is 16.5 Å². The van der Waals surface area contributed by atoms with Crippen molar-refractivity contribution < 1.29 is 0 Å². The van der Waals surface area contributed by atoms with E-state index in [-0.39, 0.29) is 0 Å². The summed E-state index contributed by atoms with van der Waals surface area (Å²) >= 11 is 6.18. The van der Waals surface area contributed by atoms with Gasteiger partial charge in [0, 0.05) is 16.1 Å². The van der Waals surface area contributed by atoms with Crippen LogP contribution < -0.4 is 5.73 Å². The number of nitrogens with zero attached hydrogens (tertiary/aromatic N) is 2. The number of para-hydroxylation sites is 1. The van der Waals surface area contributed by atoms with E-state index >= 15 is 0 Å². The van der Waals surface area contributed by atoms with Gasteiger partial charge < -0.3 is 5.73 Å². The summed E-state index contributed by atoms with van der Waals surface area (Å²) in [5.41, 5.74) is 8.48. The maximum absolute atomic E-state index is 6.18. The summed E-state index contributed by atoms with van der Waals surface area (Å²) in [4.78, 5) is 0. The minimum Gasteiger partial charge on any atom is -0.399 e. The maximum Gasteiger partial charge on any atom is 0.0686 e. The molecular weight excluding hydrogens is 246 g/mol. The lowest BCUT2D eigenvalue weighted by atomic mass is 10.2. The molecule has 0 spiro atoms. The first kappa shape index (κ1) is 11.1. The number of hydrogen-bond donors (Lipinski definition) is 1. The van der Waals surface area contributed by atoms with Crippen LogP contribution in [0.5, 0.6) is 0 Å². The second-order valence-corrected chi connectivity index (χ2v) is 4.62. The second-order valence-electron chi connectivity index (χ2n) is 4.21. The third-order valence-electron chi connectivity index (χ3n) is 2.95. The lowest BCUT2D eigenvalue weighted by Gasteiger charge is -2.06. The molecule has 3 aromatic rings. The minimum atomic E-state index is 0.645. The van der Waals surface area contributed by atoms with Crippen LogP contribution in [-0.2, 0) is 6.54 Å². The van der Waals surface area contributed by atoms with Crippen LogP contribution in [0.25, 0.3) is 10.9 Å². The van der Waals surface area contributed by atoms with Crippen LogP contribution in [0.2, 0.25) is 5.02 Å². The number of benzene rings is 2. The Morgan fingerprint density at radius 1 is 1.17 bits per heavy atom. The third-order valence-corrected chi connectivity index (χ3v) is 3.30. The molecule has 0 radical (unpaired) electrons. The molecule has 4 heteroatoms. The van der Waals surface area contributed by atoms with Gasteiger partial charge in [-0.15, -0.1) is 0 Å². The van der Waals surface area contributed by atoms with Gasteiger partial charge >= 0.3 is 0 Å². The molecule has 18 heavy (non-hydrogen) atoms. The molecular formula is C14H12ClN3. The number of nitrogen functional groups attached to an aromatic ring is 1. The van der Waals surface area contributed by atoms with Crippen LogP contribution in [0.1, 0.15) is 5.56 Å². The lowest BCUT2D eigenvalue weighted by molar-refractivity contribution is 0.712. The van der Waals surface area contributed by atoms with Crippen LogP contribution in [0.4, 0.5) is 5.69 Å². The Bertz CT molecular complexity index is 703. The van der Waals surface area contributed by atoms with E-state index in [1.165, 1.54) is 0 Å². The first-order valence-corrected chi connectivity index (χ1v) is 6.06. The molecule has 3 rings (SSSR count). The van der Waals surface area contributed by atoms with Gasteiger partial charge in [-0.2, -0.15) is 5.10 Å². The van der Waals surface area contributed by atoms with E-state index in [1.807, 2.05) is 47.3 Å². The second kappa shape index (κ2) is 4.35. The Morgan fingerprint density at radius 3 is 2.83 bits per heavy atom. The van der Waals surface area contributed by atoms with Crippen LogP contribution in [0, 0.1) is 0 Å². The molecule has 0 saturated carbocycles. The highest BCUT2D eigenvalue weighted by Gasteiger charge is 2.05. The van der Waals surface area contributed by atoms with Crippen molar-refractivity contribution in [1.29, 1.82) is 0 Å². The Kier molecular flexibility index (Phi) is 2.68. The molecule has 0 saturated heterocycles. The van der Waals surface area contributed by atoms with Gasteiger partial charge in [-0.1, -0.05) is 35.9 Å². The molecule has 0 aliphatic carbocycles. The molecule has 0 fully saturated rings. The predicted octanol–water partition coefficient (Wildman–Crippen LogP) is 3.32. The first-order valence-electron chi connectivity index (χ1n) is 5.68. The molecule has 2 aromatic carbocycles. The molecule has 1 heterocycles. The van der Waals surface area contributed by atoms with Gasteiger partial charge in [-0.3, -0.25) is 4.68 Å². The third kappa shape index (κ3) is 1.93. The minimum absolute atomic E-state index is 0.645. The maximum atomic E-state index is 6.18. The normalized spacial score (nSPS) is 10.9. The number of fused-ring (bicyclic) bond motifs is 1. The highest BCUT2D eigenvalue weighted by Crippen LogP contribution is 2.21. The summed E-state index contributed by atoms with van der Waals surface area (Å²) in [5.74, 6) is 0. The molecule has 0 atom stereocenters. The topological polar surface area (TPSA) is 43.8 Å². The molecule has 90 valence electrons. The molecule has 0 amide bonds. The molecule has 0 bridgehead atoms. The predicted molar refractivity (Wildman–Crippen MR) is 74.7 cm³/mol. The summed E-state index contributed by atoms with van der Waals surface area (Å²) in [6.07, 6.45) is 1.86. The smallest absolute Gasteiger partial charge is 0.0686 e. The number of hydrogen-bond acceptors (Lipinski definition) is 2. The van der Waals surface area contributed by atoms with E-state index in [0.29, 0.717) is 17.3 Å². The summed E-state index contributed by atoms with van der Waals surface area (Å²) in [6, 6.07) is 13.7. The van der Waals surface area contributed by atoms with Crippen molar-refractivity contribution in [1.82, 2.24) is 9.78 Å². The van der Waals surface area contributed by atoms with Crippen LogP contribution in [0.3, 0.4) is 0 Å². The van der Waals surface area contributed by atoms with Gasteiger partial charge in [-0.25, -0.2) is 0 Å². The van der Waals surface area contributed by atoms with E-state index in [9.17, 15) is 0 Å². The average molecular weight is 258 g/mol. The zero-order valence-electron chi connectivity index (χ0n) is 9.68. The quantitative estimate of drug-likeness (QED) is 0.716. The largest absolute Gasteiger partial charge is 0.399 e. The van der Waals surface area contributed by atoms with Crippen molar-refractivity contribution in [3.05, 3.63) is 59.2 Å². The van der Waals surface area contributed by atoms with E-state index < -0.39 is 0 Å². The van der Waals surface area contributed by atoms with Gasteiger partial charge in [0.05, 0.1) is 18.3 Å². The Hall–Kier alpha value is -2.00. The monoisotopic (exact) mass is 257 g/mol. The fourth-order valence-electron chi connectivity index (χ4n) is 2.00. The first-order chi connectivity index (χ1) is 8.74. The lowest BCUT2D eigenvalue weighted by Crippen LogP contribution is -2.02. The highest BCUT2D eigenvalue weighted by atomic mass is 35.5. The number of aromatic nitrogens is 2. The molecule has 0 aliphatic rings. The van der Waals surface area contributed by atoms with Crippen molar-refractivity contribution in [2.45, 2.75) is 6.54 Å². The van der Waals surface area contributed by atoms with Crippen molar-refractivity contribution in [2.75, 3.05) is 5.73 Å². The Balaban J connectivity index is 2.01. The van der Waals surface area contributed by atoms with Crippen LogP contribution in [0.15, 0.2) is 48.7 Å². The van der Waals surface area contributed by atoms with Gasteiger partial charge in [0.15, 0.2) is 0 Å².